The van der Waals surface area contributed by atoms with Crippen molar-refractivity contribution in [3.63, 3.8) is 0 Å². The van der Waals surface area contributed by atoms with Crippen LogP contribution in [0.5, 0.6) is 5.75 Å². The lowest BCUT2D eigenvalue weighted by Crippen LogP contribution is -2.39. The third-order valence-corrected chi connectivity index (χ3v) is 11.1. The van der Waals surface area contributed by atoms with Crippen LogP contribution >= 0.6 is 7.14 Å². The maximum absolute atomic E-state index is 10.6. The molecule has 1 fully saturated rings. The molecule has 2 aromatic rings. The third kappa shape index (κ3) is 4.74. The monoisotopic (exact) mass is 407 g/mol. The minimum atomic E-state index is -1.90. The highest BCUT2D eigenvalue weighted by Crippen LogP contribution is 2.66. The molecule has 0 aliphatic heterocycles. The fourth-order valence-corrected chi connectivity index (χ4v) is 10.0. The number of rotatable bonds is 7. The van der Waals surface area contributed by atoms with E-state index >= 15 is 0 Å². The summed E-state index contributed by atoms with van der Waals surface area (Å²) in [5.41, 5.74) is 2.63. The van der Waals surface area contributed by atoms with Crippen molar-refractivity contribution in [3.8, 4) is 16.9 Å². The molecule has 155 valence electrons. The summed E-state index contributed by atoms with van der Waals surface area (Å²) in [7, 11) is 5.69. The fraction of sp³-hybridized carbons (Fsp3) is 0.538. The minimum absolute atomic E-state index is 0.347. The standard InChI is InChI=1S/C26H36BOP/c1-5-6-17-29(27,26-18-20(4)15-16-21(26)19(2)3)25-14-10-8-12-23(25)22-11-7-9-13-24(22)28/h7-14,19-21,26H,5-6,15-18H2,1-4H3/q-1/p+1/t20-,21+,26-,29?/m1/s1. The Hall–Kier alpha value is -1.27. The summed E-state index contributed by atoms with van der Waals surface area (Å²) >= 11 is 0. The SMILES string of the molecule is [B-][P+](CCCC)(c1ccccc1-c1ccccc1O)[C@@H]1C[C@H](C)CC[C@H]1C(C)C. The molecule has 1 N–H and O–H groups in total. The number of hydrogen-bond acceptors (Lipinski definition) is 1. The quantitative estimate of drug-likeness (QED) is 0.385. The molecule has 0 amide bonds. The molecule has 0 bridgehead atoms. The summed E-state index contributed by atoms with van der Waals surface area (Å²) in [4.78, 5) is 0. The molecule has 3 radical (unpaired) electrons. The zero-order chi connectivity index (χ0) is 21.0. The molecule has 2 aromatic carbocycles. The van der Waals surface area contributed by atoms with Gasteiger partial charge in [-0.15, -0.1) is 0 Å². The largest absolute Gasteiger partial charge is 0.507 e. The van der Waals surface area contributed by atoms with E-state index in [1.807, 2.05) is 18.2 Å². The molecule has 0 spiro atoms. The summed E-state index contributed by atoms with van der Waals surface area (Å²) in [6.45, 7) is 9.44. The van der Waals surface area contributed by atoms with Crippen molar-refractivity contribution in [2.24, 2.45) is 17.8 Å². The summed E-state index contributed by atoms with van der Waals surface area (Å²) in [6, 6.07) is 16.4. The number of para-hydroxylation sites is 1. The molecule has 1 unspecified atom stereocenters. The van der Waals surface area contributed by atoms with Crippen molar-refractivity contribution in [1.82, 2.24) is 0 Å². The van der Waals surface area contributed by atoms with Crippen LogP contribution in [0.3, 0.4) is 0 Å². The van der Waals surface area contributed by atoms with Gasteiger partial charge in [0.15, 0.2) is 0 Å². The maximum Gasteiger partial charge on any atom is 0.123 e. The van der Waals surface area contributed by atoms with Gasteiger partial charge in [0.1, 0.15) is 5.75 Å². The number of phenolic OH excluding ortho intramolecular Hbond substituents is 1. The molecule has 4 atom stereocenters. The van der Waals surface area contributed by atoms with Gasteiger partial charge in [0, 0.05) is 28.3 Å². The van der Waals surface area contributed by atoms with Gasteiger partial charge in [-0.3, -0.25) is 7.57 Å². The number of unbranched alkanes of at least 4 members (excludes halogenated alkanes) is 1. The van der Waals surface area contributed by atoms with E-state index in [0.717, 1.165) is 23.2 Å². The first-order chi connectivity index (χ1) is 13.9. The number of benzene rings is 2. The van der Waals surface area contributed by atoms with Gasteiger partial charge in [-0.05, 0) is 49.1 Å². The lowest BCUT2D eigenvalue weighted by molar-refractivity contribution is 0.241. The Morgan fingerprint density at radius 1 is 1.03 bits per heavy atom. The van der Waals surface area contributed by atoms with Gasteiger partial charge in [-0.2, -0.15) is 0 Å². The lowest BCUT2D eigenvalue weighted by Gasteiger charge is -2.52. The Morgan fingerprint density at radius 2 is 1.69 bits per heavy atom. The van der Waals surface area contributed by atoms with E-state index in [1.165, 1.54) is 37.4 Å². The molecular formula is C26H37BOP. The first kappa shape index (κ1) is 22.4. The molecule has 1 saturated carbocycles. The third-order valence-electron chi connectivity index (χ3n) is 7.01. The topological polar surface area (TPSA) is 20.2 Å². The second-order valence-electron chi connectivity index (χ2n) is 9.44. The molecule has 1 nitrogen and oxygen atoms in total. The van der Waals surface area contributed by atoms with Crippen LogP contribution in [0.15, 0.2) is 48.5 Å². The first-order valence-electron chi connectivity index (χ1n) is 11.4. The van der Waals surface area contributed by atoms with Crippen molar-refractivity contribution in [2.75, 3.05) is 6.16 Å². The van der Waals surface area contributed by atoms with Gasteiger partial charge in [-0.25, -0.2) is 7.14 Å². The number of aromatic hydroxyl groups is 1. The van der Waals surface area contributed by atoms with Crippen molar-refractivity contribution >= 4 is 20.0 Å². The van der Waals surface area contributed by atoms with Gasteiger partial charge in [0.25, 0.3) is 0 Å². The van der Waals surface area contributed by atoms with Crippen LogP contribution in [0, 0.1) is 17.8 Å². The normalized spacial score (nSPS) is 24.4. The van der Waals surface area contributed by atoms with E-state index in [2.05, 4.69) is 52.0 Å². The molecular weight excluding hydrogens is 370 g/mol. The van der Waals surface area contributed by atoms with Crippen LogP contribution < -0.4 is 5.30 Å². The molecule has 3 rings (SSSR count). The van der Waals surface area contributed by atoms with Gasteiger partial charge in [0.05, 0.1) is 0 Å². The number of phenols is 1. The minimum Gasteiger partial charge on any atom is -0.507 e. The average molecular weight is 407 g/mol. The Kier molecular flexibility index (Phi) is 7.50. The maximum atomic E-state index is 10.6. The van der Waals surface area contributed by atoms with E-state index in [0.29, 0.717) is 23.2 Å². The summed E-state index contributed by atoms with van der Waals surface area (Å²) in [6.07, 6.45) is 7.32. The summed E-state index contributed by atoms with van der Waals surface area (Å²) in [5, 5.41) is 11.9. The lowest BCUT2D eigenvalue weighted by atomic mass is 9.77. The average Bonchev–Trinajstić information content (AvgIpc) is 2.72. The van der Waals surface area contributed by atoms with E-state index in [1.54, 1.807) is 6.07 Å². The molecule has 29 heavy (non-hydrogen) atoms. The van der Waals surface area contributed by atoms with Gasteiger partial charge in [-0.1, -0.05) is 76.9 Å². The van der Waals surface area contributed by atoms with E-state index < -0.39 is 7.14 Å². The van der Waals surface area contributed by atoms with Crippen LogP contribution in [0.1, 0.15) is 59.8 Å². The second-order valence-corrected chi connectivity index (χ2v) is 12.9. The Morgan fingerprint density at radius 3 is 2.34 bits per heavy atom. The molecule has 0 saturated heterocycles. The Balaban J connectivity index is 2.15. The zero-order valence-corrected chi connectivity index (χ0v) is 19.5. The summed E-state index contributed by atoms with van der Waals surface area (Å²) < 4.78 is 0. The molecule has 0 aromatic heterocycles. The van der Waals surface area contributed by atoms with Gasteiger partial charge < -0.3 is 5.11 Å². The van der Waals surface area contributed by atoms with Crippen LogP contribution in [-0.2, 0) is 0 Å². The molecule has 3 heteroatoms. The van der Waals surface area contributed by atoms with Crippen molar-refractivity contribution < 1.29 is 5.11 Å². The van der Waals surface area contributed by atoms with E-state index in [-0.39, 0.29) is 0 Å². The van der Waals surface area contributed by atoms with E-state index in [9.17, 15) is 5.11 Å². The van der Waals surface area contributed by atoms with Crippen LogP contribution in [0.25, 0.3) is 11.1 Å². The Labute approximate surface area is 180 Å². The van der Waals surface area contributed by atoms with Crippen molar-refractivity contribution in [3.05, 3.63) is 48.5 Å². The summed E-state index contributed by atoms with van der Waals surface area (Å²) in [5.74, 6) is 2.45. The second kappa shape index (κ2) is 9.70. The smallest absolute Gasteiger partial charge is 0.123 e. The first-order valence-corrected chi connectivity index (χ1v) is 13.5. The zero-order valence-electron chi connectivity index (χ0n) is 18.6. The molecule has 1 aliphatic rings. The van der Waals surface area contributed by atoms with Crippen LogP contribution in [0.2, 0.25) is 0 Å². The Bertz CT molecular complexity index is 805. The highest BCUT2D eigenvalue weighted by Gasteiger charge is 2.42. The van der Waals surface area contributed by atoms with Gasteiger partial charge >= 0.3 is 0 Å². The highest BCUT2D eigenvalue weighted by atomic mass is 31.2. The molecule has 1 aliphatic carbocycles. The fourth-order valence-electron chi connectivity index (χ4n) is 5.33. The predicted octanol–water partition coefficient (Wildman–Crippen LogP) is 7.05. The predicted molar refractivity (Wildman–Crippen MR) is 131 cm³/mol. The number of hydrogen-bond donors (Lipinski definition) is 1. The molecule has 0 heterocycles. The van der Waals surface area contributed by atoms with Crippen molar-refractivity contribution in [2.45, 2.75) is 65.5 Å². The van der Waals surface area contributed by atoms with E-state index in [4.69, 9.17) is 7.57 Å². The van der Waals surface area contributed by atoms with Crippen LogP contribution in [-0.4, -0.2) is 24.5 Å². The van der Waals surface area contributed by atoms with Gasteiger partial charge in [0.2, 0.25) is 0 Å². The highest BCUT2D eigenvalue weighted by molar-refractivity contribution is 8.03. The van der Waals surface area contributed by atoms with Crippen LogP contribution in [0.4, 0.5) is 0 Å². The van der Waals surface area contributed by atoms with Crippen molar-refractivity contribution in [1.29, 1.82) is 0 Å².